The first-order chi connectivity index (χ1) is 13.8. The molecule has 0 unspecified atom stereocenters. The standard InChI is InChI=1S/C23H23N3OS/c1-3-26-22(15-17-11-13-20(27-2)14-12-17)24-25-23(26)28-16-19-9-6-8-18-7-4-5-10-21(18)19/h4-14H,3,15-16H2,1-2H3. The molecule has 0 saturated heterocycles. The first-order valence-electron chi connectivity index (χ1n) is 9.43. The molecule has 0 spiro atoms. The number of aromatic nitrogens is 3. The van der Waals surface area contributed by atoms with Gasteiger partial charge in [-0.2, -0.15) is 0 Å². The maximum Gasteiger partial charge on any atom is 0.191 e. The van der Waals surface area contributed by atoms with E-state index in [0.29, 0.717) is 0 Å². The van der Waals surface area contributed by atoms with E-state index in [4.69, 9.17) is 4.74 Å². The SMILES string of the molecule is CCn1c(Cc2ccc(OC)cc2)nnc1SCc1cccc2ccccc12. The van der Waals surface area contributed by atoms with Gasteiger partial charge in [-0.1, -0.05) is 66.4 Å². The maximum atomic E-state index is 5.24. The first-order valence-corrected chi connectivity index (χ1v) is 10.4. The molecule has 5 heteroatoms. The van der Waals surface area contributed by atoms with Gasteiger partial charge in [-0.3, -0.25) is 0 Å². The van der Waals surface area contributed by atoms with Gasteiger partial charge in [0.2, 0.25) is 0 Å². The summed E-state index contributed by atoms with van der Waals surface area (Å²) in [6.45, 7) is 3.00. The van der Waals surface area contributed by atoms with E-state index in [9.17, 15) is 0 Å². The monoisotopic (exact) mass is 389 g/mol. The van der Waals surface area contributed by atoms with Gasteiger partial charge >= 0.3 is 0 Å². The van der Waals surface area contributed by atoms with Crippen LogP contribution in [0.3, 0.4) is 0 Å². The lowest BCUT2D eigenvalue weighted by molar-refractivity contribution is 0.414. The Morgan fingerprint density at radius 2 is 1.71 bits per heavy atom. The Kier molecular flexibility index (Phi) is 5.63. The third kappa shape index (κ3) is 3.90. The molecule has 0 bridgehead atoms. The van der Waals surface area contributed by atoms with Gasteiger partial charge in [-0.05, 0) is 41.0 Å². The highest BCUT2D eigenvalue weighted by Gasteiger charge is 2.13. The van der Waals surface area contributed by atoms with Crippen molar-refractivity contribution >= 4 is 22.5 Å². The van der Waals surface area contributed by atoms with Crippen molar-refractivity contribution in [2.75, 3.05) is 7.11 Å². The largest absolute Gasteiger partial charge is 0.497 e. The van der Waals surface area contributed by atoms with E-state index in [1.54, 1.807) is 18.9 Å². The Morgan fingerprint density at radius 3 is 2.50 bits per heavy atom. The molecule has 142 valence electrons. The molecule has 3 aromatic carbocycles. The fourth-order valence-electron chi connectivity index (χ4n) is 3.36. The minimum atomic E-state index is 0.764. The molecular formula is C23H23N3OS. The van der Waals surface area contributed by atoms with E-state index < -0.39 is 0 Å². The summed E-state index contributed by atoms with van der Waals surface area (Å²) >= 11 is 1.75. The van der Waals surface area contributed by atoms with Gasteiger partial charge in [0.05, 0.1) is 7.11 Å². The van der Waals surface area contributed by atoms with Crippen LogP contribution in [0.15, 0.2) is 71.9 Å². The van der Waals surface area contributed by atoms with Crippen molar-refractivity contribution in [1.29, 1.82) is 0 Å². The fourth-order valence-corrected chi connectivity index (χ4v) is 4.39. The lowest BCUT2D eigenvalue weighted by Crippen LogP contribution is -2.04. The number of ether oxygens (including phenoxy) is 1. The molecule has 0 amide bonds. The highest BCUT2D eigenvalue weighted by molar-refractivity contribution is 7.98. The fraction of sp³-hybridized carbons (Fsp3) is 0.217. The first kappa shape index (κ1) is 18.6. The molecule has 0 fully saturated rings. The zero-order chi connectivity index (χ0) is 19.3. The van der Waals surface area contributed by atoms with Crippen LogP contribution >= 0.6 is 11.8 Å². The second kappa shape index (κ2) is 8.48. The van der Waals surface area contributed by atoms with Crippen LogP contribution in [0.4, 0.5) is 0 Å². The van der Waals surface area contributed by atoms with Crippen LogP contribution in [-0.4, -0.2) is 21.9 Å². The van der Waals surface area contributed by atoms with Gasteiger partial charge in [0.15, 0.2) is 5.16 Å². The summed E-state index contributed by atoms with van der Waals surface area (Å²) in [4.78, 5) is 0. The van der Waals surface area contributed by atoms with E-state index in [1.165, 1.54) is 21.9 Å². The summed E-state index contributed by atoms with van der Waals surface area (Å²) in [5.41, 5.74) is 2.53. The molecule has 1 aromatic heterocycles. The van der Waals surface area contributed by atoms with Crippen LogP contribution in [0.1, 0.15) is 23.9 Å². The summed E-state index contributed by atoms with van der Waals surface area (Å²) in [5, 5.41) is 12.5. The molecule has 4 rings (SSSR count). The number of hydrogen-bond donors (Lipinski definition) is 0. The van der Waals surface area contributed by atoms with Gasteiger partial charge < -0.3 is 9.30 Å². The summed E-state index contributed by atoms with van der Waals surface area (Å²) in [6, 6.07) is 23.1. The smallest absolute Gasteiger partial charge is 0.191 e. The van der Waals surface area contributed by atoms with Gasteiger partial charge in [0, 0.05) is 18.7 Å². The second-order valence-electron chi connectivity index (χ2n) is 6.59. The topological polar surface area (TPSA) is 39.9 Å². The Hall–Kier alpha value is -2.79. The Labute approximate surface area is 169 Å². The number of fused-ring (bicyclic) bond motifs is 1. The lowest BCUT2D eigenvalue weighted by atomic mass is 10.1. The predicted molar refractivity (Wildman–Crippen MR) is 115 cm³/mol. The predicted octanol–water partition coefficient (Wildman–Crippen LogP) is 5.34. The molecule has 0 atom stereocenters. The molecular weight excluding hydrogens is 366 g/mol. The number of thioether (sulfide) groups is 1. The summed E-state index contributed by atoms with van der Waals surface area (Å²) in [5.74, 6) is 2.74. The van der Waals surface area contributed by atoms with Crippen LogP contribution in [0.2, 0.25) is 0 Å². The summed E-state index contributed by atoms with van der Waals surface area (Å²) < 4.78 is 7.44. The van der Waals surface area contributed by atoms with Crippen LogP contribution in [-0.2, 0) is 18.7 Å². The Morgan fingerprint density at radius 1 is 0.929 bits per heavy atom. The van der Waals surface area contributed by atoms with Crippen LogP contribution in [0.25, 0.3) is 10.8 Å². The summed E-state index contributed by atoms with van der Waals surface area (Å²) in [6.07, 6.45) is 0.764. The Balaban J connectivity index is 1.52. The van der Waals surface area contributed by atoms with E-state index in [0.717, 1.165) is 35.4 Å². The molecule has 0 aliphatic heterocycles. The molecule has 0 saturated carbocycles. The van der Waals surface area contributed by atoms with Crippen molar-refractivity contribution in [1.82, 2.24) is 14.8 Å². The number of nitrogens with zero attached hydrogens (tertiary/aromatic N) is 3. The number of methoxy groups -OCH3 is 1. The van der Waals surface area contributed by atoms with Gasteiger partial charge in [0.25, 0.3) is 0 Å². The van der Waals surface area contributed by atoms with Crippen LogP contribution in [0.5, 0.6) is 5.75 Å². The molecule has 0 aliphatic carbocycles. The van der Waals surface area contributed by atoms with E-state index in [2.05, 4.69) is 76.3 Å². The zero-order valence-electron chi connectivity index (χ0n) is 16.1. The van der Waals surface area contributed by atoms with Gasteiger partial charge in [-0.15, -0.1) is 10.2 Å². The maximum absolute atomic E-state index is 5.24. The van der Waals surface area contributed by atoms with Crippen molar-refractivity contribution < 1.29 is 4.74 Å². The quantitative estimate of drug-likeness (QED) is 0.400. The van der Waals surface area contributed by atoms with Crippen LogP contribution < -0.4 is 4.74 Å². The molecule has 0 radical (unpaired) electrons. The van der Waals surface area contributed by atoms with Crippen molar-refractivity contribution in [2.45, 2.75) is 30.8 Å². The highest BCUT2D eigenvalue weighted by atomic mass is 32.2. The van der Waals surface area contributed by atoms with Crippen LogP contribution in [0, 0.1) is 0 Å². The van der Waals surface area contributed by atoms with Crippen molar-refractivity contribution in [3.63, 3.8) is 0 Å². The van der Waals surface area contributed by atoms with Gasteiger partial charge in [0.1, 0.15) is 11.6 Å². The van der Waals surface area contributed by atoms with E-state index in [-0.39, 0.29) is 0 Å². The normalized spacial score (nSPS) is 11.1. The highest BCUT2D eigenvalue weighted by Crippen LogP contribution is 2.27. The van der Waals surface area contributed by atoms with Crippen molar-refractivity contribution in [3.05, 3.63) is 83.7 Å². The molecule has 0 N–H and O–H groups in total. The third-order valence-electron chi connectivity index (χ3n) is 4.87. The van der Waals surface area contributed by atoms with Crippen molar-refractivity contribution in [2.24, 2.45) is 0 Å². The number of benzene rings is 3. The number of rotatable bonds is 7. The third-order valence-corrected chi connectivity index (χ3v) is 5.88. The lowest BCUT2D eigenvalue weighted by Gasteiger charge is -2.09. The van der Waals surface area contributed by atoms with Gasteiger partial charge in [-0.25, -0.2) is 0 Å². The minimum Gasteiger partial charge on any atom is -0.497 e. The Bertz CT molecular complexity index is 1070. The number of hydrogen-bond acceptors (Lipinski definition) is 4. The van der Waals surface area contributed by atoms with E-state index >= 15 is 0 Å². The average molecular weight is 390 g/mol. The van der Waals surface area contributed by atoms with Crippen molar-refractivity contribution in [3.8, 4) is 5.75 Å². The average Bonchev–Trinajstić information content (AvgIpc) is 3.14. The molecule has 4 aromatic rings. The molecule has 28 heavy (non-hydrogen) atoms. The minimum absolute atomic E-state index is 0.764. The molecule has 4 nitrogen and oxygen atoms in total. The second-order valence-corrected chi connectivity index (χ2v) is 7.54. The zero-order valence-corrected chi connectivity index (χ0v) is 16.9. The molecule has 1 heterocycles. The van der Waals surface area contributed by atoms with E-state index in [1.807, 2.05) is 12.1 Å². The molecule has 0 aliphatic rings. The summed E-state index contributed by atoms with van der Waals surface area (Å²) in [7, 11) is 1.68.